The first-order valence-electron chi connectivity index (χ1n) is 7.66. The number of hydrogen-bond acceptors (Lipinski definition) is 3. The van der Waals surface area contributed by atoms with E-state index in [-0.39, 0.29) is 10.7 Å². The summed E-state index contributed by atoms with van der Waals surface area (Å²) in [6.07, 6.45) is -3.28. The Kier molecular flexibility index (Phi) is 5.95. The summed E-state index contributed by atoms with van der Waals surface area (Å²) < 4.78 is 43.2. The summed E-state index contributed by atoms with van der Waals surface area (Å²) in [6, 6.07) is 2.64. The molecule has 0 unspecified atom stereocenters. The van der Waals surface area contributed by atoms with Crippen LogP contribution in [0.15, 0.2) is 18.2 Å². The summed E-state index contributed by atoms with van der Waals surface area (Å²) in [6.45, 7) is 0.825. The Morgan fingerprint density at radius 3 is 2.52 bits per heavy atom. The Labute approximate surface area is 147 Å². The first kappa shape index (κ1) is 19.5. The predicted octanol–water partition coefficient (Wildman–Crippen LogP) is 3.23. The first-order chi connectivity index (χ1) is 11.7. The Bertz CT molecular complexity index is 661. The number of methoxy groups -OCH3 is 1. The molecule has 0 heterocycles. The fourth-order valence-corrected chi connectivity index (χ4v) is 2.47. The van der Waals surface area contributed by atoms with Crippen molar-refractivity contribution in [3.8, 4) is 0 Å². The highest BCUT2D eigenvalue weighted by Crippen LogP contribution is 2.47. The third-order valence-corrected chi connectivity index (χ3v) is 4.30. The lowest BCUT2D eigenvalue weighted by Gasteiger charge is -2.17. The molecule has 5 nitrogen and oxygen atoms in total. The van der Waals surface area contributed by atoms with Gasteiger partial charge in [-0.1, -0.05) is 11.6 Å². The van der Waals surface area contributed by atoms with E-state index in [1.807, 2.05) is 0 Å². The van der Waals surface area contributed by atoms with Gasteiger partial charge >= 0.3 is 6.18 Å². The van der Waals surface area contributed by atoms with Gasteiger partial charge in [-0.2, -0.15) is 13.2 Å². The highest BCUT2D eigenvalue weighted by atomic mass is 35.5. The number of ether oxygens (including phenoxy) is 1. The minimum absolute atomic E-state index is 0.0300. The molecule has 1 saturated carbocycles. The lowest BCUT2D eigenvalue weighted by Crippen LogP contribution is -2.40. The molecule has 0 atom stereocenters. The van der Waals surface area contributed by atoms with Crippen molar-refractivity contribution in [2.75, 3.05) is 25.6 Å². The highest BCUT2D eigenvalue weighted by Gasteiger charge is 2.56. The smallest absolute Gasteiger partial charge is 0.385 e. The maximum absolute atomic E-state index is 12.8. The second kappa shape index (κ2) is 7.61. The van der Waals surface area contributed by atoms with E-state index in [1.165, 1.54) is 7.11 Å². The van der Waals surface area contributed by atoms with Crippen LogP contribution in [0, 0.1) is 5.41 Å². The van der Waals surface area contributed by atoms with Crippen LogP contribution in [0.5, 0.6) is 0 Å². The number of amides is 2. The number of carbonyl (C=O) groups excluding carboxylic acids is 2. The molecule has 0 aromatic heterocycles. The summed E-state index contributed by atoms with van der Waals surface area (Å²) in [5.74, 6) is -1.10. The van der Waals surface area contributed by atoms with Crippen molar-refractivity contribution in [1.29, 1.82) is 0 Å². The van der Waals surface area contributed by atoms with Gasteiger partial charge in [-0.05, 0) is 37.5 Å². The lowest BCUT2D eigenvalue weighted by atomic mass is 10.0. The monoisotopic (exact) mass is 378 g/mol. The van der Waals surface area contributed by atoms with Crippen LogP contribution in [0.3, 0.4) is 0 Å². The third-order valence-electron chi connectivity index (χ3n) is 3.97. The van der Waals surface area contributed by atoms with Crippen LogP contribution in [0.1, 0.15) is 24.8 Å². The predicted molar refractivity (Wildman–Crippen MR) is 86.3 cm³/mol. The van der Waals surface area contributed by atoms with E-state index < -0.39 is 29.0 Å². The molecule has 0 aliphatic heterocycles. The highest BCUT2D eigenvalue weighted by molar-refractivity contribution is 6.34. The summed E-state index contributed by atoms with van der Waals surface area (Å²) in [4.78, 5) is 24.6. The van der Waals surface area contributed by atoms with Crippen molar-refractivity contribution in [2.45, 2.75) is 25.4 Å². The summed E-state index contributed by atoms with van der Waals surface area (Å²) in [5, 5.41) is 4.97. The van der Waals surface area contributed by atoms with Crippen LogP contribution in [-0.4, -0.2) is 32.1 Å². The number of benzene rings is 1. The number of hydrogen-bond donors (Lipinski definition) is 2. The van der Waals surface area contributed by atoms with Gasteiger partial charge in [0, 0.05) is 20.3 Å². The summed E-state index contributed by atoms with van der Waals surface area (Å²) >= 11 is 5.86. The van der Waals surface area contributed by atoms with Crippen LogP contribution < -0.4 is 10.6 Å². The molecule has 138 valence electrons. The van der Waals surface area contributed by atoms with Crippen molar-refractivity contribution in [3.63, 3.8) is 0 Å². The van der Waals surface area contributed by atoms with Crippen molar-refractivity contribution < 1.29 is 27.5 Å². The number of rotatable bonds is 7. The SMILES string of the molecule is COCCCNC(=O)C1(C(=O)Nc2cc(C(F)(F)F)ccc2Cl)CC1. The number of nitrogens with one attached hydrogen (secondary N) is 2. The molecule has 0 radical (unpaired) electrons. The normalized spacial score (nSPS) is 15.6. The van der Waals surface area contributed by atoms with Crippen molar-refractivity contribution in [2.24, 2.45) is 5.41 Å². The van der Waals surface area contributed by atoms with E-state index in [4.69, 9.17) is 16.3 Å². The average molecular weight is 379 g/mol. The van der Waals surface area contributed by atoms with Crippen LogP contribution in [0.2, 0.25) is 5.02 Å². The maximum atomic E-state index is 12.8. The van der Waals surface area contributed by atoms with Gasteiger partial charge in [0.1, 0.15) is 5.41 Å². The van der Waals surface area contributed by atoms with Gasteiger partial charge < -0.3 is 15.4 Å². The molecular weight excluding hydrogens is 361 g/mol. The van der Waals surface area contributed by atoms with E-state index in [2.05, 4.69) is 10.6 Å². The van der Waals surface area contributed by atoms with Gasteiger partial charge in [-0.3, -0.25) is 9.59 Å². The number of carbonyl (C=O) groups is 2. The largest absolute Gasteiger partial charge is 0.416 e. The minimum Gasteiger partial charge on any atom is -0.385 e. The third kappa shape index (κ3) is 4.64. The molecule has 2 amide bonds. The Balaban J connectivity index is 2.05. The summed E-state index contributed by atoms with van der Waals surface area (Å²) in [5.41, 5.74) is -2.34. The second-order valence-corrected chi connectivity index (χ2v) is 6.24. The van der Waals surface area contributed by atoms with Gasteiger partial charge in [-0.15, -0.1) is 0 Å². The quantitative estimate of drug-likeness (QED) is 0.565. The molecule has 0 bridgehead atoms. The molecule has 0 spiro atoms. The molecule has 2 N–H and O–H groups in total. The van der Waals surface area contributed by atoms with Crippen molar-refractivity contribution >= 4 is 29.1 Å². The molecule has 1 aromatic carbocycles. The Hall–Kier alpha value is -1.80. The molecule has 1 fully saturated rings. The molecule has 2 rings (SSSR count). The number of alkyl halides is 3. The molecule has 25 heavy (non-hydrogen) atoms. The van der Waals surface area contributed by atoms with Gasteiger partial charge in [0.15, 0.2) is 0 Å². The molecule has 1 aliphatic carbocycles. The van der Waals surface area contributed by atoms with Gasteiger partial charge in [0.2, 0.25) is 11.8 Å². The van der Waals surface area contributed by atoms with Crippen molar-refractivity contribution in [1.82, 2.24) is 5.32 Å². The van der Waals surface area contributed by atoms with Crippen LogP contribution in [0.25, 0.3) is 0 Å². The summed E-state index contributed by atoms with van der Waals surface area (Å²) in [7, 11) is 1.54. The van der Waals surface area contributed by atoms with Gasteiger partial charge in [-0.25, -0.2) is 0 Å². The molecule has 9 heteroatoms. The zero-order valence-electron chi connectivity index (χ0n) is 13.5. The zero-order valence-corrected chi connectivity index (χ0v) is 14.3. The molecular formula is C16H18ClF3N2O3. The number of halogens is 4. The number of anilines is 1. The molecule has 1 aliphatic rings. The molecule has 1 aromatic rings. The van der Waals surface area contributed by atoms with E-state index >= 15 is 0 Å². The lowest BCUT2D eigenvalue weighted by molar-refractivity contribution is -0.138. The zero-order chi connectivity index (χ0) is 18.7. The maximum Gasteiger partial charge on any atom is 0.416 e. The standard InChI is InChI=1S/C16H18ClF3N2O3/c1-25-8-2-7-21-13(23)15(5-6-15)14(24)22-12-9-10(16(18,19)20)3-4-11(12)17/h3-4,9H,2,5-8H2,1H3,(H,21,23)(H,22,24). The van der Waals surface area contributed by atoms with Crippen molar-refractivity contribution in [3.05, 3.63) is 28.8 Å². The van der Waals surface area contributed by atoms with E-state index in [0.29, 0.717) is 32.4 Å². The minimum atomic E-state index is -4.56. The Morgan fingerprint density at radius 1 is 1.28 bits per heavy atom. The average Bonchev–Trinajstić information content (AvgIpc) is 3.34. The molecule has 0 saturated heterocycles. The first-order valence-corrected chi connectivity index (χ1v) is 8.04. The Morgan fingerprint density at radius 2 is 1.96 bits per heavy atom. The van der Waals surface area contributed by atoms with Gasteiger partial charge in [0.05, 0.1) is 16.3 Å². The van der Waals surface area contributed by atoms with E-state index in [1.54, 1.807) is 0 Å². The van der Waals surface area contributed by atoms with Gasteiger partial charge in [0.25, 0.3) is 0 Å². The van der Waals surface area contributed by atoms with E-state index in [0.717, 1.165) is 18.2 Å². The van der Waals surface area contributed by atoms with Crippen LogP contribution in [0.4, 0.5) is 18.9 Å². The topological polar surface area (TPSA) is 67.4 Å². The van der Waals surface area contributed by atoms with E-state index in [9.17, 15) is 22.8 Å². The fourth-order valence-electron chi connectivity index (χ4n) is 2.31. The van der Waals surface area contributed by atoms with Crippen LogP contribution in [-0.2, 0) is 20.5 Å². The second-order valence-electron chi connectivity index (χ2n) is 5.83. The fraction of sp³-hybridized carbons (Fsp3) is 0.500. The van der Waals surface area contributed by atoms with Crippen LogP contribution >= 0.6 is 11.6 Å².